The monoisotopic (exact) mass is 276 g/mol. The lowest BCUT2D eigenvalue weighted by molar-refractivity contribution is 0.553. The third-order valence-corrected chi connectivity index (χ3v) is 3.78. The molecule has 0 fully saturated rings. The van der Waals surface area contributed by atoms with Crippen molar-refractivity contribution in [3.8, 4) is 0 Å². The number of rotatable bonds is 12. The zero-order valence-electron chi connectivity index (χ0n) is 14.3. The van der Waals surface area contributed by atoms with Crippen LogP contribution in [0.5, 0.6) is 0 Å². The molecule has 0 aliphatic carbocycles. The second-order valence-electron chi connectivity index (χ2n) is 6.25. The molecule has 0 spiro atoms. The summed E-state index contributed by atoms with van der Waals surface area (Å²) in [4.78, 5) is 0. The van der Waals surface area contributed by atoms with Crippen LogP contribution in [0.4, 0.5) is 0 Å². The molecule has 0 saturated heterocycles. The zero-order valence-corrected chi connectivity index (χ0v) is 14.3. The van der Waals surface area contributed by atoms with Gasteiger partial charge in [0, 0.05) is 0 Å². The van der Waals surface area contributed by atoms with Crippen LogP contribution in [0.1, 0.15) is 79.1 Å². The molecule has 0 aromatic heterocycles. The Hall–Kier alpha value is -0.780. The molecule has 0 aliphatic heterocycles. The van der Waals surface area contributed by atoms with E-state index in [-0.39, 0.29) is 0 Å². The highest BCUT2D eigenvalue weighted by atomic mass is 14.1. The van der Waals surface area contributed by atoms with Crippen LogP contribution in [0.3, 0.4) is 0 Å². The Kier molecular flexibility index (Phi) is 12.7. The lowest BCUT2D eigenvalue weighted by Gasteiger charge is -2.15. The quantitative estimate of drug-likeness (QED) is 0.264. The van der Waals surface area contributed by atoms with E-state index in [9.17, 15) is 0 Å². The first kappa shape index (κ1) is 19.2. The van der Waals surface area contributed by atoms with Gasteiger partial charge in [0.1, 0.15) is 0 Å². The summed E-state index contributed by atoms with van der Waals surface area (Å²) in [6.07, 6.45) is 19.4. The molecule has 0 heteroatoms. The fourth-order valence-corrected chi connectivity index (χ4v) is 2.75. The molecular weight excluding hydrogens is 240 g/mol. The molecule has 0 nitrogen and oxygen atoms in total. The molecule has 0 heterocycles. The molecule has 0 aromatic rings. The second-order valence-corrected chi connectivity index (χ2v) is 6.25. The van der Waals surface area contributed by atoms with Crippen LogP contribution in [0, 0.1) is 11.8 Å². The molecule has 116 valence electrons. The van der Waals surface area contributed by atoms with Gasteiger partial charge in [0.25, 0.3) is 0 Å². The predicted octanol–water partition coefficient (Wildman–Crippen LogP) is 7.09. The van der Waals surface area contributed by atoms with Crippen molar-refractivity contribution in [3.05, 3.63) is 36.5 Å². The number of hydrogen-bond donors (Lipinski definition) is 0. The zero-order chi connectivity index (χ0) is 15.2. The van der Waals surface area contributed by atoms with Crippen molar-refractivity contribution >= 4 is 0 Å². The van der Waals surface area contributed by atoms with Gasteiger partial charge in [-0.2, -0.15) is 0 Å². The SMILES string of the molecule is C=CCC(C)CC(=CCCCCCC)CC(C)C=CC. The molecule has 20 heavy (non-hydrogen) atoms. The Morgan fingerprint density at radius 1 is 1.10 bits per heavy atom. The smallest absolute Gasteiger partial charge is 0.0225 e. The summed E-state index contributed by atoms with van der Waals surface area (Å²) in [5.41, 5.74) is 1.65. The molecule has 0 amide bonds. The van der Waals surface area contributed by atoms with Gasteiger partial charge in [-0.25, -0.2) is 0 Å². The molecule has 0 radical (unpaired) electrons. The van der Waals surface area contributed by atoms with E-state index in [1.54, 1.807) is 5.57 Å². The standard InChI is InChI=1S/C20H36/c1-6-9-10-11-12-15-20(16-18(4)13-7-2)17-19(5)14-8-3/h7-8,14-15,18-19H,2,6,9-13,16-17H2,1,3-5H3. The van der Waals surface area contributed by atoms with E-state index in [4.69, 9.17) is 0 Å². The van der Waals surface area contributed by atoms with Crippen molar-refractivity contribution in [1.29, 1.82) is 0 Å². The Morgan fingerprint density at radius 3 is 2.45 bits per heavy atom. The second kappa shape index (κ2) is 13.2. The van der Waals surface area contributed by atoms with Crippen molar-refractivity contribution in [2.45, 2.75) is 79.1 Å². The van der Waals surface area contributed by atoms with Crippen LogP contribution in [-0.2, 0) is 0 Å². The molecule has 2 unspecified atom stereocenters. The molecule has 0 N–H and O–H groups in total. The average Bonchev–Trinajstić information content (AvgIpc) is 2.38. The molecular formula is C20H36. The van der Waals surface area contributed by atoms with Gasteiger partial charge in [-0.05, 0) is 50.9 Å². The van der Waals surface area contributed by atoms with Crippen LogP contribution >= 0.6 is 0 Å². The summed E-state index contributed by atoms with van der Waals surface area (Å²) >= 11 is 0. The summed E-state index contributed by atoms with van der Waals surface area (Å²) in [5.74, 6) is 1.39. The van der Waals surface area contributed by atoms with Crippen LogP contribution in [-0.4, -0.2) is 0 Å². The van der Waals surface area contributed by atoms with E-state index in [2.05, 4.69) is 58.6 Å². The van der Waals surface area contributed by atoms with Crippen molar-refractivity contribution < 1.29 is 0 Å². The van der Waals surface area contributed by atoms with Gasteiger partial charge in [-0.3, -0.25) is 0 Å². The van der Waals surface area contributed by atoms with Gasteiger partial charge in [-0.1, -0.05) is 69.9 Å². The summed E-state index contributed by atoms with van der Waals surface area (Å²) in [7, 11) is 0. The maximum atomic E-state index is 3.86. The lowest BCUT2D eigenvalue weighted by Crippen LogP contribution is -2.00. The van der Waals surface area contributed by atoms with E-state index in [0.717, 1.165) is 12.3 Å². The largest absolute Gasteiger partial charge is 0.103 e. The number of unbranched alkanes of at least 4 members (excludes halogenated alkanes) is 4. The highest BCUT2D eigenvalue weighted by molar-refractivity contribution is 5.06. The molecule has 2 atom stereocenters. The van der Waals surface area contributed by atoms with E-state index >= 15 is 0 Å². The van der Waals surface area contributed by atoms with E-state index in [1.165, 1.54) is 44.9 Å². The number of hydrogen-bond acceptors (Lipinski definition) is 0. The van der Waals surface area contributed by atoms with Gasteiger partial charge in [0.05, 0.1) is 0 Å². The summed E-state index contributed by atoms with van der Waals surface area (Å²) in [6, 6.07) is 0. The van der Waals surface area contributed by atoms with Crippen LogP contribution in [0.15, 0.2) is 36.5 Å². The fraction of sp³-hybridized carbons (Fsp3) is 0.700. The molecule has 0 rings (SSSR count). The summed E-state index contributed by atoms with van der Waals surface area (Å²) in [6.45, 7) is 12.9. The van der Waals surface area contributed by atoms with Gasteiger partial charge in [-0.15, -0.1) is 6.58 Å². The van der Waals surface area contributed by atoms with E-state index in [1.807, 2.05) is 0 Å². The lowest BCUT2D eigenvalue weighted by atomic mass is 9.90. The predicted molar refractivity (Wildman–Crippen MR) is 94.0 cm³/mol. The van der Waals surface area contributed by atoms with Gasteiger partial charge >= 0.3 is 0 Å². The van der Waals surface area contributed by atoms with Crippen LogP contribution < -0.4 is 0 Å². The highest BCUT2D eigenvalue weighted by Crippen LogP contribution is 2.23. The topological polar surface area (TPSA) is 0 Å². The van der Waals surface area contributed by atoms with Crippen molar-refractivity contribution in [1.82, 2.24) is 0 Å². The van der Waals surface area contributed by atoms with Crippen molar-refractivity contribution in [3.63, 3.8) is 0 Å². The minimum absolute atomic E-state index is 0.665. The molecule has 0 bridgehead atoms. The third-order valence-electron chi connectivity index (χ3n) is 3.78. The first-order valence-electron chi connectivity index (χ1n) is 8.55. The first-order valence-corrected chi connectivity index (χ1v) is 8.55. The average molecular weight is 277 g/mol. The third kappa shape index (κ3) is 11.1. The Morgan fingerprint density at radius 2 is 1.85 bits per heavy atom. The van der Waals surface area contributed by atoms with Crippen LogP contribution in [0.2, 0.25) is 0 Å². The van der Waals surface area contributed by atoms with Crippen LogP contribution in [0.25, 0.3) is 0 Å². The normalized spacial score (nSPS) is 15.5. The van der Waals surface area contributed by atoms with Crippen molar-refractivity contribution in [2.75, 3.05) is 0 Å². The Labute approximate surface area is 128 Å². The highest BCUT2D eigenvalue weighted by Gasteiger charge is 2.07. The fourth-order valence-electron chi connectivity index (χ4n) is 2.75. The maximum absolute atomic E-state index is 3.86. The Balaban J connectivity index is 4.35. The summed E-state index contributed by atoms with van der Waals surface area (Å²) in [5, 5.41) is 0. The van der Waals surface area contributed by atoms with Crippen molar-refractivity contribution in [2.24, 2.45) is 11.8 Å². The van der Waals surface area contributed by atoms with Gasteiger partial charge in [0.2, 0.25) is 0 Å². The molecule has 0 saturated carbocycles. The number of allylic oxidation sites excluding steroid dienone is 5. The van der Waals surface area contributed by atoms with Gasteiger partial charge < -0.3 is 0 Å². The minimum Gasteiger partial charge on any atom is -0.103 e. The van der Waals surface area contributed by atoms with E-state index in [0.29, 0.717) is 5.92 Å². The minimum atomic E-state index is 0.665. The van der Waals surface area contributed by atoms with E-state index < -0.39 is 0 Å². The molecule has 0 aliphatic rings. The Bertz CT molecular complexity index is 282. The first-order chi connectivity index (χ1) is 9.63. The van der Waals surface area contributed by atoms with Gasteiger partial charge in [0.15, 0.2) is 0 Å². The summed E-state index contributed by atoms with van der Waals surface area (Å²) < 4.78 is 0. The maximum Gasteiger partial charge on any atom is -0.0225 e. The molecule has 0 aromatic carbocycles.